The Hall–Kier alpha value is -1.43. The molecule has 1 fully saturated rings. The zero-order valence-corrected chi connectivity index (χ0v) is 12.8. The smallest absolute Gasteiger partial charge is 0.355 e. The minimum absolute atomic E-state index is 0.106. The molecule has 3 rings (SSSR count). The van der Waals surface area contributed by atoms with Gasteiger partial charge in [0.15, 0.2) is 5.69 Å². The summed E-state index contributed by atoms with van der Waals surface area (Å²) >= 11 is 7.37. The number of aromatic nitrogens is 1. The summed E-state index contributed by atoms with van der Waals surface area (Å²) in [6, 6.07) is 7.71. The molecular formula is C15H14ClNO3S. The van der Waals surface area contributed by atoms with Crippen LogP contribution in [0.15, 0.2) is 29.6 Å². The zero-order chi connectivity index (χ0) is 14.9. The summed E-state index contributed by atoms with van der Waals surface area (Å²) in [6.07, 6.45) is 1.59. The molecule has 2 aromatic rings. The van der Waals surface area contributed by atoms with Crippen LogP contribution in [-0.4, -0.2) is 29.3 Å². The van der Waals surface area contributed by atoms with Gasteiger partial charge in [-0.25, -0.2) is 9.78 Å². The van der Waals surface area contributed by atoms with Crippen molar-refractivity contribution in [2.24, 2.45) is 0 Å². The topological polar surface area (TPSA) is 59.4 Å². The molecule has 0 bridgehead atoms. The predicted molar refractivity (Wildman–Crippen MR) is 81.4 cm³/mol. The van der Waals surface area contributed by atoms with Crippen molar-refractivity contribution in [1.29, 1.82) is 0 Å². The second-order valence-corrected chi connectivity index (χ2v) is 6.34. The molecule has 0 spiro atoms. The Kier molecular flexibility index (Phi) is 3.97. The van der Waals surface area contributed by atoms with Crippen LogP contribution in [0.3, 0.4) is 0 Å². The molecule has 1 aromatic heterocycles. The van der Waals surface area contributed by atoms with E-state index >= 15 is 0 Å². The molecule has 1 saturated heterocycles. The molecule has 4 nitrogen and oxygen atoms in total. The first kappa shape index (κ1) is 14.5. The average molecular weight is 324 g/mol. The molecule has 0 amide bonds. The van der Waals surface area contributed by atoms with Gasteiger partial charge in [-0.2, -0.15) is 0 Å². The van der Waals surface area contributed by atoms with E-state index < -0.39 is 5.97 Å². The third-order valence-electron chi connectivity index (χ3n) is 3.88. The molecular weight excluding hydrogens is 310 g/mol. The number of ether oxygens (including phenoxy) is 1. The van der Waals surface area contributed by atoms with Crippen molar-refractivity contribution in [3.05, 3.63) is 50.9 Å². The van der Waals surface area contributed by atoms with Crippen LogP contribution in [0.1, 0.15) is 33.9 Å². The maximum Gasteiger partial charge on any atom is 0.355 e. The summed E-state index contributed by atoms with van der Waals surface area (Å²) in [7, 11) is 0. The zero-order valence-electron chi connectivity index (χ0n) is 11.2. The Morgan fingerprint density at radius 3 is 2.52 bits per heavy atom. The Bertz CT molecular complexity index is 647. The van der Waals surface area contributed by atoms with Crippen molar-refractivity contribution in [2.75, 3.05) is 13.2 Å². The minimum Gasteiger partial charge on any atom is -0.476 e. The molecule has 0 aliphatic carbocycles. The summed E-state index contributed by atoms with van der Waals surface area (Å²) in [4.78, 5) is 15.4. The number of aromatic carboxylic acids is 1. The Balaban J connectivity index is 2.07. The van der Waals surface area contributed by atoms with E-state index in [0.717, 1.165) is 23.4 Å². The second kappa shape index (κ2) is 5.75. The van der Waals surface area contributed by atoms with E-state index in [2.05, 4.69) is 4.98 Å². The number of benzene rings is 1. The molecule has 1 aromatic carbocycles. The fourth-order valence-electron chi connectivity index (χ4n) is 2.71. The minimum atomic E-state index is -0.990. The Morgan fingerprint density at radius 1 is 1.29 bits per heavy atom. The summed E-state index contributed by atoms with van der Waals surface area (Å²) in [5, 5.41) is 12.2. The highest BCUT2D eigenvalue weighted by Crippen LogP contribution is 2.42. The van der Waals surface area contributed by atoms with Crippen molar-refractivity contribution >= 4 is 28.9 Å². The number of nitrogens with zero attached hydrogens (tertiary/aromatic N) is 1. The van der Waals surface area contributed by atoms with Crippen LogP contribution in [0.25, 0.3) is 0 Å². The number of hydrogen-bond donors (Lipinski definition) is 1. The largest absolute Gasteiger partial charge is 0.476 e. The fourth-order valence-corrected chi connectivity index (χ4v) is 3.91. The molecule has 1 N–H and O–H groups in total. The third-order valence-corrected chi connectivity index (χ3v) is 5.17. The lowest BCUT2D eigenvalue weighted by Gasteiger charge is -2.36. The molecule has 1 aliphatic rings. The maximum atomic E-state index is 11.1. The number of carboxylic acids is 1. The van der Waals surface area contributed by atoms with Crippen molar-refractivity contribution in [3.63, 3.8) is 0 Å². The average Bonchev–Trinajstić information content (AvgIpc) is 2.99. The molecule has 6 heteroatoms. The summed E-state index contributed by atoms with van der Waals surface area (Å²) in [6.45, 7) is 1.29. The number of carbonyl (C=O) groups is 1. The SMILES string of the molecule is O=C(O)c1csc(C2(c3ccc(Cl)cc3)CCOCC2)n1. The van der Waals surface area contributed by atoms with Gasteiger partial charge in [-0.15, -0.1) is 11.3 Å². The van der Waals surface area contributed by atoms with E-state index in [4.69, 9.17) is 21.4 Å². The van der Waals surface area contributed by atoms with E-state index in [1.165, 1.54) is 11.3 Å². The van der Waals surface area contributed by atoms with Crippen LogP contribution in [0.4, 0.5) is 0 Å². The van der Waals surface area contributed by atoms with E-state index in [-0.39, 0.29) is 11.1 Å². The van der Waals surface area contributed by atoms with Gasteiger partial charge in [0.2, 0.25) is 0 Å². The van der Waals surface area contributed by atoms with E-state index in [1.807, 2.05) is 24.3 Å². The van der Waals surface area contributed by atoms with Crippen LogP contribution in [-0.2, 0) is 10.2 Å². The molecule has 110 valence electrons. The first-order valence-electron chi connectivity index (χ1n) is 6.65. The van der Waals surface area contributed by atoms with E-state index in [0.29, 0.717) is 18.2 Å². The molecule has 1 aliphatic heterocycles. The number of carboxylic acid groups (broad SMARTS) is 1. The standard InChI is InChI=1S/C15H14ClNO3S/c16-11-3-1-10(2-4-11)15(5-7-20-8-6-15)14-17-12(9-21-14)13(18)19/h1-4,9H,5-8H2,(H,18,19). The number of rotatable bonds is 3. The van der Waals surface area contributed by atoms with Crippen molar-refractivity contribution < 1.29 is 14.6 Å². The maximum absolute atomic E-state index is 11.1. The lowest BCUT2D eigenvalue weighted by Crippen LogP contribution is -2.35. The molecule has 21 heavy (non-hydrogen) atoms. The first-order valence-corrected chi connectivity index (χ1v) is 7.91. The normalized spacial score (nSPS) is 17.6. The van der Waals surface area contributed by atoms with Crippen molar-refractivity contribution in [1.82, 2.24) is 4.98 Å². The first-order chi connectivity index (χ1) is 10.1. The van der Waals surface area contributed by atoms with Gasteiger partial charge in [-0.1, -0.05) is 23.7 Å². The van der Waals surface area contributed by atoms with Gasteiger partial charge in [0.05, 0.1) is 5.41 Å². The quantitative estimate of drug-likeness (QED) is 0.937. The summed E-state index contributed by atoms with van der Waals surface area (Å²) in [5.74, 6) is -0.990. The summed E-state index contributed by atoms with van der Waals surface area (Å²) in [5.41, 5.74) is 0.942. The number of thiazole rings is 1. The molecule has 0 unspecified atom stereocenters. The predicted octanol–water partition coefficient (Wildman–Crippen LogP) is 3.59. The highest BCUT2D eigenvalue weighted by molar-refractivity contribution is 7.10. The third kappa shape index (κ3) is 2.69. The van der Waals surface area contributed by atoms with Crippen LogP contribution in [0.2, 0.25) is 5.02 Å². The monoisotopic (exact) mass is 323 g/mol. The van der Waals surface area contributed by atoms with Gasteiger partial charge >= 0.3 is 5.97 Å². The van der Waals surface area contributed by atoms with Gasteiger partial charge in [0.25, 0.3) is 0 Å². The van der Waals surface area contributed by atoms with Crippen molar-refractivity contribution in [2.45, 2.75) is 18.3 Å². The molecule has 0 radical (unpaired) electrons. The van der Waals surface area contributed by atoms with Crippen molar-refractivity contribution in [3.8, 4) is 0 Å². The second-order valence-electron chi connectivity index (χ2n) is 5.04. The van der Waals surface area contributed by atoms with E-state index in [1.54, 1.807) is 5.38 Å². The lowest BCUT2D eigenvalue weighted by atomic mass is 9.74. The fraction of sp³-hybridized carbons (Fsp3) is 0.333. The lowest BCUT2D eigenvalue weighted by molar-refractivity contribution is 0.0626. The van der Waals surface area contributed by atoms with Crippen LogP contribution in [0, 0.1) is 0 Å². The van der Waals surface area contributed by atoms with Gasteiger partial charge in [0.1, 0.15) is 5.01 Å². The Morgan fingerprint density at radius 2 is 1.95 bits per heavy atom. The molecule has 2 heterocycles. The van der Waals surface area contributed by atoms with Gasteiger partial charge < -0.3 is 9.84 Å². The van der Waals surface area contributed by atoms with Gasteiger partial charge in [0, 0.05) is 23.6 Å². The number of hydrogen-bond acceptors (Lipinski definition) is 4. The molecule has 0 saturated carbocycles. The summed E-state index contributed by atoms with van der Waals surface area (Å²) < 4.78 is 5.48. The highest BCUT2D eigenvalue weighted by atomic mass is 35.5. The molecule has 0 atom stereocenters. The van der Waals surface area contributed by atoms with Gasteiger partial charge in [-0.3, -0.25) is 0 Å². The number of halogens is 1. The van der Waals surface area contributed by atoms with Gasteiger partial charge in [-0.05, 0) is 30.5 Å². The van der Waals surface area contributed by atoms with Crippen LogP contribution < -0.4 is 0 Å². The van der Waals surface area contributed by atoms with E-state index in [9.17, 15) is 4.79 Å². The Labute approximate surface area is 131 Å². The van der Waals surface area contributed by atoms with Crippen LogP contribution >= 0.6 is 22.9 Å². The highest BCUT2D eigenvalue weighted by Gasteiger charge is 2.39. The van der Waals surface area contributed by atoms with Crippen LogP contribution in [0.5, 0.6) is 0 Å².